The van der Waals surface area contributed by atoms with Crippen molar-refractivity contribution in [3.8, 4) is 10.6 Å². The Balaban J connectivity index is 0.00000128. The molecule has 0 aliphatic rings. The first kappa shape index (κ1) is 16.4. The standard InChI is InChI=1S/C12H14N2S.2ClH/c1-14(2)8-11-9-15-12(13-11)10-6-4-3-5-7-10;;/h3-7,9H,8H2,1-2H3;2*1H. The van der Waals surface area contributed by atoms with E-state index in [-0.39, 0.29) is 24.8 Å². The van der Waals surface area contributed by atoms with Crippen LogP contribution in [0, 0.1) is 0 Å². The third kappa shape index (κ3) is 4.64. The van der Waals surface area contributed by atoms with Gasteiger partial charge in [-0.15, -0.1) is 36.2 Å². The van der Waals surface area contributed by atoms with Crippen LogP contribution in [0.1, 0.15) is 5.69 Å². The topological polar surface area (TPSA) is 16.1 Å². The second-order valence-electron chi connectivity index (χ2n) is 3.75. The van der Waals surface area contributed by atoms with Crippen LogP contribution < -0.4 is 0 Å². The molecule has 94 valence electrons. The first-order valence-corrected chi connectivity index (χ1v) is 5.78. The average molecular weight is 291 g/mol. The van der Waals surface area contributed by atoms with Gasteiger partial charge < -0.3 is 4.90 Å². The molecule has 2 nitrogen and oxygen atoms in total. The van der Waals surface area contributed by atoms with Crippen LogP contribution in [0.5, 0.6) is 0 Å². The highest BCUT2D eigenvalue weighted by Crippen LogP contribution is 2.23. The minimum atomic E-state index is 0. The van der Waals surface area contributed by atoms with E-state index < -0.39 is 0 Å². The van der Waals surface area contributed by atoms with E-state index in [1.807, 2.05) is 18.2 Å². The Labute approximate surface area is 119 Å². The minimum absolute atomic E-state index is 0. The molecule has 1 aromatic heterocycles. The lowest BCUT2D eigenvalue weighted by Crippen LogP contribution is -2.10. The van der Waals surface area contributed by atoms with E-state index in [0.717, 1.165) is 17.2 Å². The lowest BCUT2D eigenvalue weighted by atomic mass is 10.2. The number of hydrogen-bond acceptors (Lipinski definition) is 3. The van der Waals surface area contributed by atoms with Crippen LogP contribution in [0.15, 0.2) is 35.7 Å². The smallest absolute Gasteiger partial charge is 0.123 e. The Morgan fingerprint density at radius 1 is 1.12 bits per heavy atom. The van der Waals surface area contributed by atoms with E-state index in [4.69, 9.17) is 0 Å². The van der Waals surface area contributed by atoms with Gasteiger partial charge in [0.25, 0.3) is 0 Å². The summed E-state index contributed by atoms with van der Waals surface area (Å²) in [4.78, 5) is 6.73. The molecule has 1 aromatic carbocycles. The van der Waals surface area contributed by atoms with Gasteiger partial charge in [-0.1, -0.05) is 30.3 Å². The lowest BCUT2D eigenvalue weighted by molar-refractivity contribution is 0.398. The zero-order valence-corrected chi connectivity index (χ0v) is 12.2. The van der Waals surface area contributed by atoms with Crippen molar-refractivity contribution in [3.05, 3.63) is 41.4 Å². The van der Waals surface area contributed by atoms with Crippen molar-refractivity contribution in [2.24, 2.45) is 0 Å². The number of hydrogen-bond donors (Lipinski definition) is 0. The molecule has 0 amide bonds. The molecule has 0 bridgehead atoms. The molecule has 0 radical (unpaired) electrons. The van der Waals surface area contributed by atoms with Crippen molar-refractivity contribution < 1.29 is 0 Å². The first-order valence-electron chi connectivity index (χ1n) is 4.90. The molecule has 0 saturated carbocycles. The number of aromatic nitrogens is 1. The summed E-state index contributed by atoms with van der Waals surface area (Å²) in [5.74, 6) is 0. The SMILES string of the molecule is CN(C)Cc1csc(-c2ccccc2)n1.Cl.Cl. The third-order valence-electron chi connectivity index (χ3n) is 2.05. The molecule has 0 spiro atoms. The van der Waals surface area contributed by atoms with Crippen LogP contribution in [-0.2, 0) is 6.54 Å². The highest BCUT2D eigenvalue weighted by molar-refractivity contribution is 7.13. The minimum Gasteiger partial charge on any atom is -0.304 e. The molecule has 2 aromatic rings. The molecule has 2 rings (SSSR count). The van der Waals surface area contributed by atoms with Crippen molar-refractivity contribution in [1.82, 2.24) is 9.88 Å². The summed E-state index contributed by atoms with van der Waals surface area (Å²) >= 11 is 1.71. The van der Waals surface area contributed by atoms with Crippen molar-refractivity contribution in [3.63, 3.8) is 0 Å². The maximum atomic E-state index is 4.60. The van der Waals surface area contributed by atoms with Gasteiger partial charge in [-0.2, -0.15) is 0 Å². The summed E-state index contributed by atoms with van der Waals surface area (Å²) in [6, 6.07) is 10.3. The molecule has 0 unspecified atom stereocenters. The molecule has 17 heavy (non-hydrogen) atoms. The molecule has 0 atom stereocenters. The van der Waals surface area contributed by atoms with Crippen molar-refractivity contribution >= 4 is 36.2 Å². The fourth-order valence-corrected chi connectivity index (χ4v) is 2.23. The predicted molar refractivity (Wildman–Crippen MR) is 79.4 cm³/mol. The summed E-state index contributed by atoms with van der Waals surface area (Å²) in [5, 5.41) is 3.23. The normalized spacial score (nSPS) is 9.59. The predicted octanol–water partition coefficient (Wildman–Crippen LogP) is 3.72. The summed E-state index contributed by atoms with van der Waals surface area (Å²) in [6.07, 6.45) is 0. The van der Waals surface area contributed by atoms with Gasteiger partial charge in [0.05, 0.1) is 5.69 Å². The molecule has 0 saturated heterocycles. The van der Waals surface area contributed by atoms with Gasteiger partial charge in [0.1, 0.15) is 5.01 Å². The van der Waals surface area contributed by atoms with Crippen LogP contribution in [-0.4, -0.2) is 24.0 Å². The van der Waals surface area contributed by atoms with Crippen molar-refractivity contribution in [2.45, 2.75) is 6.54 Å². The van der Waals surface area contributed by atoms with Gasteiger partial charge in [-0.3, -0.25) is 0 Å². The van der Waals surface area contributed by atoms with Crippen LogP contribution in [0.4, 0.5) is 0 Å². The maximum absolute atomic E-state index is 4.60. The Morgan fingerprint density at radius 3 is 2.35 bits per heavy atom. The second-order valence-corrected chi connectivity index (χ2v) is 4.61. The second kappa shape index (κ2) is 7.67. The van der Waals surface area contributed by atoms with Crippen LogP contribution in [0.2, 0.25) is 0 Å². The highest BCUT2D eigenvalue weighted by atomic mass is 35.5. The van der Waals surface area contributed by atoms with Crippen molar-refractivity contribution in [2.75, 3.05) is 14.1 Å². The van der Waals surface area contributed by atoms with E-state index in [1.165, 1.54) is 5.56 Å². The largest absolute Gasteiger partial charge is 0.304 e. The summed E-state index contributed by atoms with van der Waals surface area (Å²) in [6.45, 7) is 0.906. The highest BCUT2D eigenvalue weighted by Gasteiger charge is 2.04. The number of thiazole rings is 1. The summed E-state index contributed by atoms with van der Waals surface area (Å²) in [7, 11) is 4.11. The molecule has 1 heterocycles. The van der Waals surface area contributed by atoms with Gasteiger partial charge in [0.2, 0.25) is 0 Å². The van der Waals surface area contributed by atoms with Gasteiger partial charge in [-0.05, 0) is 14.1 Å². The van der Waals surface area contributed by atoms with E-state index in [0.29, 0.717) is 0 Å². The zero-order chi connectivity index (χ0) is 10.7. The number of halogens is 2. The van der Waals surface area contributed by atoms with Crippen LogP contribution >= 0.6 is 36.2 Å². The van der Waals surface area contributed by atoms with E-state index in [1.54, 1.807) is 11.3 Å². The Kier molecular flexibility index (Phi) is 7.39. The van der Waals surface area contributed by atoms with E-state index in [2.05, 4.69) is 41.5 Å². The molecule has 0 aliphatic heterocycles. The summed E-state index contributed by atoms with van der Waals surface area (Å²) in [5.41, 5.74) is 2.34. The Hall–Kier alpha value is -0.610. The van der Waals surface area contributed by atoms with Gasteiger partial charge >= 0.3 is 0 Å². The number of rotatable bonds is 3. The van der Waals surface area contributed by atoms with E-state index >= 15 is 0 Å². The lowest BCUT2D eigenvalue weighted by Gasteiger charge is -2.05. The molecule has 5 heteroatoms. The quantitative estimate of drug-likeness (QED) is 0.857. The zero-order valence-electron chi connectivity index (χ0n) is 9.79. The fraction of sp³-hybridized carbons (Fsp3) is 0.250. The molecular formula is C12H16Cl2N2S. The molecular weight excluding hydrogens is 275 g/mol. The van der Waals surface area contributed by atoms with Gasteiger partial charge in [0.15, 0.2) is 0 Å². The molecule has 0 N–H and O–H groups in total. The van der Waals surface area contributed by atoms with Gasteiger partial charge in [0, 0.05) is 17.5 Å². The van der Waals surface area contributed by atoms with Crippen molar-refractivity contribution in [1.29, 1.82) is 0 Å². The average Bonchev–Trinajstić information content (AvgIpc) is 2.67. The van der Waals surface area contributed by atoms with Crippen LogP contribution in [0.3, 0.4) is 0 Å². The monoisotopic (exact) mass is 290 g/mol. The fourth-order valence-electron chi connectivity index (χ4n) is 1.42. The first-order chi connectivity index (χ1) is 7.25. The number of benzene rings is 1. The van der Waals surface area contributed by atoms with Crippen LogP contribution in [0.25, 0.3) is 10.6 Å². The third-order valence-corrected chi connectivity index (χ3v) is 2.99. The Morgan fingerprint density at radius 2 is 1.76 bits per heavy atom. The molecule has 0 aliphatic carbocycles. The van der Waals surface area contributed by atoms with E-state index in [9.17, 15) is 0 Å². The number of nitrogens with zero attached hydrogens (tertiary/aromatic N) is 2. The summed E-state index contributed by atoms with van der Waals surface area (Å²) < 4.78 is 0. The van der Waals surface area contributed by atoms with Gasteiger partial charge in [-0.25, -0.2) is 4.98 Å². The maximum Gasteiger partial charge on any atom is 0.123 e. The molecule has 0 fully saturated rings. The Bertz CT molecular complexity index is 429.